The molecule has 2 heterocycles. The number of hydrogen-bond donors (Lipinski definition) is 2. The van der Waals surface area contributed by atoms with Crippen LogP contribution in [0.3, 0.4) is 0 Å². The minimum atomic E-state index is -0.119. The van der Waals surface area contributed by atoms with Gasteiger partial charge in [0.25, 0.3) is 5.56 Å². The van der Waals surface area contributed by atoms with Crippen LogP contribution in [0, 0.1) is 0 Å². The molecule has 0 saturated carbocycles. The van der Waals surface area contributed by atoms with Crippen LogP contribution in [-0.4, -0.2) is 24.2 Å². The van der Waals surface area contributed by atoms with E-state index in [4.69, 9.17) is 9.47 Å². The van der Waals surface area contributed by atoms with Crippen LogP contribution >= 0.6 is 0 Å². The maximum Gasteiger partial charge on any atom is 0.258 e. The summed E-state index contributed by atoms with van der Waals surface area (Å²) in [6.07, 6.45) is 1.62. The monoisotopic (exact) mass is 244 g/mol. The topological polar surface area (TPSA) is 67.1 Å². The quantitative estimate of drug-likeness (QED) is 0.724. The first-order valence-electron chi connectivity index (χ1n) is 5.49. The zero-order valence-electron chi connectivity index (χ0n) is 10.0. The predicted molar refractivity (Wildman–Crippen MR) is 69.5 cm³/mol. The molecular weight excluding hydrogens is 232 g/mol. The van der Waals surface area contributed by atoms with Crippen molar-refractivity contribution < 1.29 is 9.47 Å². The van der Waals surface area contributed by atoms with Gasteiger partial charge in [-0.15, -0.1) is 0 Å². The number of pyridine rings is 1. The molecular formula is C13H12N2O3. The number of aromatic nitrogens is 2. The van der Waals surface area contributed by atoms with E-state index in [1.165, 1.54) is 0 Å². The maximum absolute atomic E-state index is 11.9. The van der Waals surface area contributed by atoms with E-state index in [1.807, 2.05) is 18.2 Å². The number of aromatic amines is 2. The maximum atomic E-state index is 11.9. The van der Waals surface area contributed by atoms with Crippen molar-refractivity contribution in [2.24, 2.45) is 0 Å². The molecule has 92 valence electrons. The van der Waals surface area contributed by atoms with Crippen molar-refractivity contribution in [2.75, 3.05) is 14.2 Å². The minimum Gasteiger partial charge on any atom is -0.493 e. The normalized spacial score (nSPS) is 11.0. The molecule has 5 heteroatoms. The van der Waals surface area contributed by atoms with E-state index in [0.717, 1.165) is 16.4 Å². The van der Waals surface area contributed by atoms with Gasteiger partial charge >= 0.3 is 0 Å². The van der Waals surface area contributed by atoms with E-state index in [1.54, 1.807) is 20.4 Å². The standard InChI is InChI=1S/C13H12N2O3/c1-17-10-5-7-9(6-11(10)18-2)15-8-3-4-14-13(16)12(7)8/h3-6,15H,1-2H3,(H,14,16). The molecule has 2 N–H and O–H groups in total. The number of rotatable bonds is 2. The number of ether oxygens (including phenoxy) is 2. The summed E-state index contributed by atoms with van der Waals surface area (Å²) in [4.78, 5) is 17.7. The first-order chi connectivity index (χ1) is 8.74. The largest absolute Gasteiger partial charge is 0.493 e. The van der Waals surface area contributed by atoms with Crippen LogP contribution in [0.4, 0.5) is 0 Å². The fraction of sp³-hybridized carbons (Fsp3) is 0.154. The highest BCUT2D eigenvalue weighted by molar-refractivity contribution is 6.07. The average Bonchev–Trinajstić information content (AvgIpc) is 2.75. The van der Waals surface area contributed by atoms with Gasteiger partial charge in [0.1, 0.15) is 0 Å². The smallest absolute Gasteiger partial charge is 0.258 e. The van der Waals surface area contributed by atoms with Crippen molar-refractivity contribution >= 4 is 21.8 Å². The Bertz CT molecular complexity index is 786. The lowest BCUT2D eigenvalue weighted by molar-refractivity contribution is 0.356. The van der Waals surface area contributed by atoms with Gasteiger partial charge < -0.3 is 19.4 Å². The summed E-state index contributed by atoms with van der Waals surface area (Å²) in [6.45, 7) is 0. The average molecular weight is 244 g/mol. The first kappa shape index (κ1) is 10.7. The molecule has 0 spiro atoms. The summed E-state index contributed by atoms with van der Waals surface area (Å²) in [7, 11) is 3.15. The molecule has 0 radical (unpaired) electrons. The molecule has 0 unspecified atom stereocenters. The predicted octanol–water partition coefficient (Wildman–Crippen LogP) is 2.03. The molecule has 1 aromatic carbocycles. The summed E-state index contributed by atoms with van der Waals surface area (Å²) >= 11 is 0. The van der Waals surface area contributed by atoms with E-state index >= 15 is 0 Å². The lowest BCUT2D eigenvalue weighted by Gasteiger charge is -2.06. The van der Waals surface area contributed by atoms with Gasteiger partial charge in [-0.1, -0.05) is 0 Å². The molecule has 3 aromatic rings. The highest BCUT2D eigenvalue weighted by Crippen LogP contribution is 2.34. The fourth-order valence-electron chi connectivity index (χ4n) is 2.18. The highest BCUT2D eigenvalue weighted by Gasteiger charge is 2.12. The van der Waals surface area contributed by atoms with Crippen LogP contribution in [0.2, 0.25) is 0 Å². The second-order valence-electron chi connectivity index (χ2n) is 3.97. The Morgan fingerprint density at radius 3 is 2.50 bits per heavy atom. The van der Waals surface area contributed by atoms with E-state index in [9.17, 15) is 4.79 Å². The Morgan fingerprint density at radius 2 is 1.78 bits per heavy atom. The van der Waals surface area contributed by atoms with Gasteiger partial charge in [0.15, 0.2) is 11.5 Å². The Labute approximate surface area is 102 Å². The number of fused-ring (bicyclic) bond motifs is 3. The van der Waals surface area contributed by atoms with Gasteiger partial charge in [0.2, 0.25) is 0 Å². The molecule has 5 nitrogen and oxygen atoms in total. The number of hydrogen-bond acceptors (Lipinski definition) is 3. The summed E-state index contributed by atoms with van der Waals surface area (Å²) < 4.78 is 10.5. The molecule has 0 atom stereocenters. The van der Waals surface area contributed by atoms with E-state index < -0.39 is 0 Å². The van der Waals surface area contributed by atoms with E-state index in [0.29, 0.717) is 16.9 Å². The number of H-pyrrole nitrogens is 2. The van der Waals surface area contributed by atoms with Gasteiger partial charge in [-0.3, -0.25) is 4.79 Å². The van der Waals surface area contributed by atoms with Gasteiger partial charge in [-0.2, -0.15) is 0 Å². The second kappa shape index (κ2) is 3.80. The van der Waals surface area contributed by atoms with Crippen molar-refractivity contribution in [1.82, 2.24) is 9.97 Å². The fourth-order valence-corrected chi connectivity index (χ4v) is 2.18. The molecule has 18 heavy (non-hydrogen) atoms. The van der Waals surface area contributed by atoms with Crippen molar-refractivity contribution in [3.63, 3.8) is 0 Å². The van der Waals surface area contributed by atoms with Crippen molar-refractivity contribution in [1.29, 1.82) is 0 Å². The van der Waals surface area contributed by atoms with Crippen LogP contribution in [0.1, 0.15) is 0 Å². The van der Waals surface area contributed by atoms with Crippen LogP contribution in [0.5, 0.6) is 11.5 Å². The van der Waals surface area contributed by atoms with Gasteiger partial charge in [-0.25, -0.2) is 0 Å². The number of nitrogens with one attached hydrogen (secondary N) is 2. The summed E-state index contributed by atoms with van der Waals surface area (Å²) in [5, 5.41) is 1.46. The Morgan fingerprint density at radius 1 is 1.06 bits per heavy atom. The van der Waals surface area contributed by atoms with Crippen LogP contribution in [0.25, 0.3) is 21.8 Å². The zero-order chi connectivity index (χ0) is 12.7. The molecule has 0 aliphatic rings. The van der Waals surface area contributed by atoms with Crippen molar-refractivity contribution in [2.45, 2.75) is 0 Å². The molecule has 0 bridgehead atoms. The molecule has 2 aromatic heterocycles. The van der Waals surface area contributed by atoms with Crippen LogP contribution < -0.4 is 15.0 Å². The molecule has 3 rings (SSSR count). The Balaban J connectivity index is 2.49. The van der Waals surface area contributed by atoms with Crippen LogP contribution in [0.15, 0.2) is 29.2 Å². The zero-order valence-corrected chi connectivity index (χ0v) is 10.0. The Hall–Kier alpha value is -2.43. The third kappa shape index (κ3) is 1.37. The molecule has 0 saturated heterocycles. The SMILES string of the molecule is COc1cc2[nH]c3cc[nH]c(=O)c3c2cc1OC. The van der Waals surface area contributed by atoms with Crippen LogP contribution in [-0.2, 0) is 0 Å². The third-order valence-electron chi connectivity index (χ3n) is 3.02. The summed E-state index contributed by atoms with van der Waals surface area (Å²) in [5.74, 6) is 1.24. The van der Waals surface area contributed by atoms with Gasteiger partial charge in [-0.05, 0) is 12.1 Å². The summed E-state index contributed by atoms with van der Waals surface area (Å²) in [5.41, 5.74) is 1.52. The van der Waals surface area contributed by atoms with Crippen molar-refractivity contribution in [3.8, 4) is 11.5 Å². The van der Waals surface area contributed by atoms with Gasteiger partial charge in [0, 0.05) is 17.6 Å². The van der Waals surface area contributed by atoms with E-state index in [2.05, 4.69) is 9.97 Å². The number of methoxy groups -OCH3 is 2. The molecule has 0 amide bonds. The third-order valence-corrected chi connectivity index (χ3v) is 3.02. The van der Waals surface area contributed by atoms with E-state index in [-0.39, 0.29) is 5.56 Å². The lowest BCUT2D eigenvalue weighted by atomic mass is 10.2. The first-order valence-corrected chi connectivity index (χ1v) is 5.49. The second-order valence-corrected chi connectivity index (χ2v) is 3.97. The Kier molecular flexibility index (Phi) is 2.26. The summed E-state index contributed by atoms with van der Waals surface area (Å²) in [6, 6.07) is 5.46. The highest BCUT2D eigenvalue weighted by atomic mass is 16.5. The van der Waals surface area contributed by atoms with Gasteiger partial charge in [0.05, 0.1) is 30.6 Å². The molecule has 0 aliphatic carbocycles. The lowest BCUT2D eigenvalue weighted by Crippen LogP contribution is -2.03. The molecule has 0 aliphatic heterocycles. The van der Waals surface area contributed by atoms with Crippen molar-refractivity contribution in [3.05, 3.63) is 34.7 Å². The number of benzene rings is 1. The minimum absolute atomic E-state index is 0.119. The molecule has 0 fully saturated rings.